The van der Waals surface area contributed by atoms with Crippen molar-refractivity contribution >= 4 is 5.82 Å². The summed E-state index contributed by atoms with van der Waals surface area (Å²) in [5.74, 6) is 0.854. The van der Waals surface area contributed by atoms with Gasteiger partial charge in [-0.3, -0.25) is 0 Å². The molecule has 2 rings (SSSR count). The van der Waals surface area contributed by atoms with Crippen molar-refractivity contribution in [2.24, 2.45) is 0 Å². The second kappa shape index (κ2) is 4.31. The monoisotopic (exact) mass is 190 g/mol. The maximum atomic E-state index is 4.12. The van der Waals surface area contributed by atoms with Crippen LogP contribution in [0.25, 0.3) is 0 Å². The van der Waals surface area contributed by atoms with Gasteiger partial charge >= 0.3 is 0 Å². The van der Waals surface area contributed by atoms with E-state index in [0.29, 0.717) is 6.54 Å². The lowest BCUT2D eigenvalue weighted by atomic mass is 10.4. The molecule has 0 spiro atoms. The molecule has 0 aliphatic heterocycles. The SMILES string of the molecule is c1ccc(NCCn2ncnn2)nc1. The van der Waals surface area contributed by atoms with E-state index in [4.69, 9.17) is 0 Å². The second-order valence-electron chi connectivity index (χ2n) is 2.67. The van der Waals surface area contributed by atoms with Gasteiger partial charge in [0.05, 0.1) is 6.54 Å². The van der Waals surface area contributed by atoms with Crippen LogP contribution in [-0.4, -0.2) is 31.7 Å². The van der Waals surface area contributed by atoms with Crippen LogP contribution < -0.4 is 5.32 Å². The van der Waals surface area contributed by atoms with E-state index in [2.05, 4.69) is 25.7 Å². The molecule has 0 aliphatic rings. The topological polar surface area (TPSA) is 68.5 Å². The van der Waals surface area contributed by atoms with Crippen LogP contribution in [0.5, 0.6) is 0 Å². The summed E-state index contributed by atoms with van der Waals surface area (Å²) in [7, 11) is 0. The Bertz CT molecular complexity index is 357. The zero-order chi connectivity index (χ0) is 9.64. The first-order valence-electron chi connectivity index (χ1n) is 4.31. The largest absolute Gasteiger partial charge is 0.368 e. The Balaban J connectivity index is 1.79. The highest BCUT2D eigenvalue weighted by Gasteiger charge is 1.93. The molecule has 0 aliphatic carbocycles. The van der Waals surface area contributed by atoms with Crippen LogP contribution in [0, 0.1) is 0 Å². The molecule has 2 aromatic rings. The molecule has 14 heavy (non-hydrogen) atoms. The smallest absolute Gasteiger partial charge is 0.162 e. The van der Waals surface area contributed by atoms with Gasteiger partial charge in [-0.15, -0.1) is 10.2 Å². The lowest BCUT2D eigenvalue weighted by Crippen LogP contribution is -2.13. The van der Waals surface area contributed by atoms with Gasteiger partial charge in [0.15, 0.2) is 6.33 Å². The minimum Gasteiger partial charge on any atom is -0.368 e. The molecule has 0 aromatic carbocycles. The average Bonchev–Trinajstić information content (AvgIpc) is 2.72. The van der Waals surface area contributed by atoms with Crippen molar-refractivity contribution in [2.45, 2.75) is 6.54 Å². The number of nitrogens with zero attached hydrogens (tertiary/aromatic N) is 5. The lowest BCUT2D eigenvalue weighted by Gasteiger charge is -2.03. The van der Waals surface area contributed by atoms with Crippen molar-refractivity contribution in [2.75, 3.05) is 11.9 Å². The molecule has 1 N–H and O–H groups in total. The van der Waals surface area contributed by atoms with Crippen molar-refractivity contribution < 1.29 is 0 Å². The summed E-state index contributed by atoms with van der Waals surface area (Å²) in [5.41, 5.74) is 0. The van der Waals surface area contributed by atoms with Crippen molar-refractivity contribution in [3.8, 4) is 0 Å². The average molecular weight is 190 g/mol. The third kappa shape index (κ3) is 2.25. The third-order valence-electron chi connectivity index (χ3n) is 1.67. The maximum absolute atomic E-state index is 4.12. The summed E-state index contributed by atoms with van der Waals surface area (Å²) in [6, 6.07) is 5.72. The molecule has 0 saturated carbocycles. The summed E-state index contributed by atoms with van der Waals surface area (Å²) in [6.45, 7) is 1.41. The number of tetrazole rings is 1. The standard InChI is InChI=1S/C8H10N6/c1-2-4-9-8(3-1)10-5-6-14-12-7-11-13-14/h1-4,7H,5-6H2,(H,9,10). The van der Waals surface area contributed by atoms with Crippen LogP contribution in [0.3, 0.4) is 0 Å². The van der Waals surface area contributed by atoms with Crippen LogP contribution in [0.4, 0.5) is 5.82 Å². The van der Waals surface area contributed by atoms with E-state index in [0.717, 1.165) is 12.4 Å². The molecule has 0 saturated heterocycles. The van der Waals surface area contributed by atoms with E-state index in [1.165, 1.54) is 11.1 Å². The van der Waals surface area contributed by atoms with Gasteiger partial charge in [-0.1, -0.05) is 6.07 Å². The summed E-state index contributed by atoms with van der Waals surface area (Å²) >= 11 is 0. The highest BCUT2D eigenvalue weighted by atomic mass is 15.6. The fourth-order valence-corrected chi connectivity index (χ4v) is 1.04. The van der Waals surface area contributed by atoms with Crippen molar-refractivity contribution in [3.63, 3.8) is 0 Å². The summed E-state index contributed by atoms with van der Waals surface area (Å²) < 4.78 is 0. The zero-order valence-electron chi connectivity index (χ0n) is 7.54. The maximum Gasteiger partial charge on any atom is 0.162 e. The van der Waals surface area contributed by atoms with Crippen LogP contribution in [0.2, 0.25) is 0 Å². The van der Waals surface area contributed by atoms with Crippen molar-refractivity contribution in [1.82, 2.24) is 25.2 Å². The molecular weight excluding hydrogens is 180 g/mol. The Morgan fingerprint density at radius 2 is 2.36 bits per heavy atom. The lowest BCUT2D eigenvalue weighted by molar-refractivity contribution is 0.538. The molecule has 0 bridgehead atoms. The van der Waals surface area contributed by atoms with Gasteiger partial charge in [0.1, 0.15) is 5.82 Å². The number of hydrogen-bond acceptors (Lipinski definition) is 5. The van der Waals surface area contributed by atoms with Crippen LogP contribution in [0.15, 0.2) is 30.7 Å². The highest BCUT2D eigenvalue weighted by molar-refractivity contribution is 5.32. The van der Waals surface area contributed by atoms with E-state index in [9.17, 15) is 0 Å². The van der Waals surface area contributed by atoms with Gasteiger partial charge in [-0.05, 0) is 17.3 Å². The number of aromatic nitrogens is 5. The van der Waals surface area contributed by atoms with Gasteiger partial charge in [-0.25, -0.2) is 4.98 Å². The second-order valence-corrected chi connectivity index (χ2v) is 2.67. The van der Waals surface area contributed by atoms with Gasteiger partial charge in [0.2, 0.25) is 0 Å². The Hall–Kier alpha value is -1.98. The predicted molar refractivity (Wildman–Crippen MR) is 50.5 cm³/mol. The Morgan fingerprint density at radius 1 is 1.36 bits per heavy atom. The third-order valence-corrected chi connectivity index (χ3v) is 1.67. The molecule has 72 valence electrons. The van der Waals surface area contributed by atoms with Crippen LogP contribution in [0.1, 0.15) is 0 Å². The van der Waals surface area contributed by atoms with Crippen LogP contribution >= 0.6 is 0 Å². The molecule has 0 amide bonds. The molecule has 2 aromatic heterocycles. The number of nitrogens with one attached hydrogen (secondary N) is 1. The Kier molecular flexibility index (Phi) is 2.65. The van der Waals surface area contributed by atoms with Gasteiger partial charge in [-0.2, -0.15) is 4.80 Å². The fraction of sp³-hybridized carbons (Fsp3) is 0.250. The zero-order valence-corrected chi connectivity index (χ0v) is 7.54. The normalized spacial score (nSPS) is 10.0. The summed E-state index contributed by atoms with van der Waals surface area (Å²) in [5, 5.41) is 14.4. The van der Waals surface area contributed by atoms with E-state index in [1.807, 2.05) is 18.2 Å². The van der Waals surface area contributed by atoms with Gasteiger partial charge in [0.25, 0.3) is 0 Å². The van der Waals surface area contributed by atoms with E-state index >= 15 is 0 Å². The first-order valence-corrected chi connectivity index (χ1v) is 4.31. The van der Waals surface area contributed by atoms with E-state index in [1.54, 1.807) is 6.20 Å². The summed E-state index contributed by atoms with van der Waals surface area (Å²) in [4.78, 5) is 5.64. The number of anilines is 1. The van der Waals surface area contributed by atoms with Gasteiger partial charge < -0.3 is 5.32 Å². The van der Waals surface area contributed by atoms with Crippen molar-refractivity contribution in [1.29, 1.82) is 0 Å². The minimum atomic E-state index is 0.677. The van der Waals surface area contributed by atoms with E-state index < -0.39 is 0 Å². The molecule has 0 fully saturated rings. The minimum absolute atomic E-state index is 0.677. The molecule has 6 heteroatoms. The first-order chi connectivity index (χ1) is 6.95. The molecule has 0 atom stereocenters. The predicted octanol–water partition coefficient (Wildman–Crippen LogP) is 0.180. The fourth-order valence-electron chi connectivity index (χ4n) is 1.04. The molecule has 2 heterocycles. The number of hydrogen-bond donors (Lipinski definition) is 1. The quantitative estimate of drug-likeness (QED) is 0.744. The molecule has 6 nitrogen and oxygen atoms in total. The summed E-state index contributed by atoms with van der Waals surface area (Å²) in [6.07, 6.45) is 3.16. The van der Waals surface area contributed by atoms with Crippen LogP contribution in [-0.2, 0) is 6.54 Å². The number of rotatable bonds is 4. The molecular formula is C8H10N6. The van der Waals surface area contributed by atoms with Crippen molar-refractivity contribution in [3.05, 3.63) is 30.7 Å². The molecule has 0 radical (unpaired) electrons. The Labute approximate surface area is 81.0 Å². The Morgan fingerprint density at radius 3 is 3.07 bits per heavy atom. The first kappa shape index (κ1) is 8.61. The molecule has 0 unspecified atom stereocenters. The van der Waals surface area contributed by atoms with E-state index in [-0.39, 0.29) is 0 Å². The van der Waals surface area contributed by atoms with Gasteiger partial charge in [0, 0.05) is 12.7 Å². The highest BCUT2D eigenvalue weighted by Crippen LogP contribution is 1.98. The number of pyridine rings is 1.